The van der Waals surface area contributed by atoms with Crippen LogP contribution in [0, 0.1) is 5.92 Å². The van der Waals surface area contributed by atoms with Gasteiger partial charge in [0.1, 0.15) is 12.4 Å². The zero-order chi connectivity index (χ0) is 23.8. The van der Waals surface area contributed by atoms with Gasteiger partial charge in [0.25, 0.3) is 5.91 Å². The first kappa shape index (κ1) is 25.6. The van der Waals surface area contributed by atoms with E-state index in [0.717, 1.165) is 30.6 Å². The van der Waals surface area contributed by atoms with E-state index in [1.807, 2.05) is 35.4 Å². The van der Waals surface area contributed by atoms with Crippen LogP contribution in [0.4, 0.5) is 0 Å². The van der Waals surface area contributed by atoms with Gasteiger partial charge in [-0.3, -0.25) is 4.79 Å². The first-order chi connectivity index (χ1) is 15.8. The molecule has 1 fully saturated rings. The van der Waals surface area contributed by atoms with Crippen molar-refractivity contribution in [2.24, 2.45) is 5.92 Å². The number of hydrogen-bond donors (Lipinski definition) is 1. The Hall–Kier alpha value is -2.03. The molecule has 0 bridgehead atoms. The molecule has 8 heteroatoms. The number of nitrogens with one attached hydrogen (secondary N) is 1. The van der Waals surface area contributed by atoms with E-state index in [-0.39, 0.29) is 24.0 Å². The first-order valence-corrected chi connectivity index (χ1v) is 14.2. The van der Waals surface area contributed by atoms with Crippen molar-refractivity contribution >= 4 is 27.7 Å². The summed E-state index contributed by atoms with van der Waals surface area (Å²) >= 11 is 1.45. The highest BCUT2D eigenvalue weighted by atomic mass is 32.2. The fraction of sp³-hybridized carbons (Fsp3) is 0.480. The van der Waals surface area contributed by atoms with Crippen molar-refractivity contribution < 1.29 is 17.9 Å². The fourth-order valence-corrected chi connectivity index (χ4v) is 5.48. The number of piperidine rings is 1. The third kappa shape index (κ3) is 6.98. The molecule has 0 saturated carbocycles. The molecule has 0 unspecified atom stereocenters. The van der Waals surface area contributed by atoms with E-state index >= 15 is 0 Å². The Morgan fingerprint density at radius 1 is 1.15 bits per heavy atom. The lowest BCUT2D eigenvalue weighted by Crippen LogP contribution is -2.38. The molecule has 0 atom stereocenters. The normalized spacial score (nSPS) is 14.9. The summed E-state index contributed by atoms with van der Waals surface area (Å²) in [6.45, 7) is 6.10. The molecule has 1 heterocycles. The molecule has 2 aromatic carbocycles. The van der Waals surface area contributed by atoms with Gasteiger partial charge in [-0.15, -0.1) is 11.8 Å². The second kappa shape index (κ2) is 11.9. The zero-order valence-electron chi connectivity index (χ0n) is 19.7. The molecule has 2 aromatic rings. The van der Waals surface area contributed by atoms with E-state index in [2.05, 4.69) is 18.6 Å². The van der Waals surface area contributed by atoms with Gasteiger partial charge in [-0.05, 0) is 67.3 Å². The first-order valence-electron chi connectivity index (χ1n) is 11.5. The van der Waals surface area contributed by atoms with Crippen LogP contribution in [0.2, 0.25) is 0 Å². The topological polar surface area (TPSA) is 75.7 Å². The van der Waals surface area contributed by atoms with Gasteiger partial charge in [0.2, 0.25) is 10.0 Å². The maximum Gasteiger partial charge on any atom is 0.255 e. The number of ether oxygens (including phenoxy) is 1. The number of carbonyl (C=O) groups excluding carboxylic acids is 1. The minimum absolute atomic E-state index is 0.0953. The van der Waals surface area contributed by atoms with E-state index in [4.69, 9.17) is 4.74 Å². The number of carbonyl (C=O) groups is 1. The van der Waals surface area contributed by atoms with Gasteiger partial charge in [-0.1, -0.05) is 32.4 Å². The number of sulfonamides is 1. The third-order valence-corrected chi connectivity index (χ3v) is 8.16. The number of aryl methyl sites for hydroxylation is 1. The van der Waals surface area contributed by atoms with Crippen molar-refractivity contribution in [1.29, 1.82) is 0 Å². The molecule has 1 amide bonds. The lowest BCUT2D eigenvalue weighted by molar-refractivity contribution is 0.0693. The summed E-state index contributed by atoms with van der Waals surface area (Å²) in [4.78, 5) is 15.8. The molecule has 0 radical (unpaired) electrons. The number of amides is 1. The Morgan fingerprint density at radius 3 is 2.48 bits per heavy atom. The average molecular weight is 491 g/mol. The molecular formula is C25H34N2O4S2. The second-order valence-corrected chi connectivity index (χ2v) is 11.1. The van der Waals surface area contributed by atoms with Crippen LogP contribution < -0.4 is 9.46 Å². The molecule has 180 valence electrons. The summed E-state index contributed by atoms with van der Waals surface area (Å²) in [6, 6.07) is 12.6. The van der Waals surface area contributed by atoms with E-state index < -0.39 is 10.0 Å². The van der Waals surface area contributed by atoms with Crippen LogP contribution in [0.1, 0.15) is 49.0 Å². The quantitative estimate of drug-likeness (QED) is 0.389. The Kier molecular flexibility index (Phi) is 9.23. The molecule has 0 aromatic heterocycles. The standard InChI is InChI=1S/C25H34N2O4S2/c1-4-5-20-6-8-21(9-7-20)31-17-14-26-33(29,30)22-10-11-24(32-3)23(18-22)25(28)27-15-12-19(2)13-16-27/h6-11,18-19,26H,4-5,12-17H2,1-3H3. The number of likely N-dealkylation sites (tertiary alicyclic amines) is 1. The molecule has 0 spiro atoms. The molecular weight excluding hydrogens is 456 g/mol. The molecule has 1 saturated heterocycles. The van der Waals surface area contributed by atoms with Gasteiger partial charge < -0.3 is 9.64 Å². The Morgan fingerprint density at radius 2 is 1.85 bits per heavy atom. The van der Waals surface area contributed by atoms with Gasteiger partial charge in [0.15, 0.2) is 0 Å². The van der Waals surface area contributed by atoms with Gasteiger partial charge in [0, 0.05) is 24.5 Å². The number of benzene rings is 2. The summed E-state index contributed by atoms with van der Waals surface area (Å²) in [5, 5.41) is 0. The van der Waals surface area contributed by atoms with Crippen LogP contribution in [0.3, 0.4) is 0 Å². The van der Waals surface area contributed by atoms with Gasteiger partial charge in [-0.2, -0.15) is 0 Å². The minimum Gasteiger partial charge on any atom is -0.492 e. The highest BCUT2D eigenvalue weighted by molar-refractivity contribution is 7.98. The zero-order valence-corrected chi connectivity index (χ0v) is 21.3. The molecule has 33 heavy (non-hydrogen) atoms. The predicted molar refractivity (Wildman–Crippen MR) is 134 cm³/mol. The van der Waals surface area contributed by atoms with Gasteiger partial charge >= 0.3 is 0 Å². The Labute approximate surface area is 202 Å². The largest absolute Gasteiger partial charge is 0.492 e. The van der Waals surface area contributed by atoms with E-state index in [1.165, 1.54) is 23.4 Å². The van der Waals surface area contributed by atoms with E-state index in [0.29, 0.717) is 30.3 Å². The minimum atomic E-state index is -3.76. The Balaban J connectivity index is 1.62. The number of rotatable bonds is 10. The summed E-state index contributed by atoms with van der Waals surface area (Å²) < 4.78 is 34.0. The van der Waals surface area contributed by atoms with Crippen LogP contribution in [0.5, 0.6) is 5.75 Å². The monoisotopic (exact) mass is 490 g/mol. The SMILES string of the molecule is CCCc1ccc(OCCNS(=O)(=O)c2ccc(SC)c(C(=O)N3CCC(C)CC3)c2)cc1. The van der Waals surface area contributed by atoms with Crippen molar-refractivity contribution in [2.45, 2.75) is 49.3 Å². The van der Waals surface area contributed by atoms with Crippen LogP contribution >= 0.6 is 11.8 Å². The second-order valence-electron chi connectivity index (χ2n) is 8.48. The molecule has 1 aliphatic rings. The fourth-order valence-electron chi connectivity index (χ4n) is 3.87. The molecule has 3 rings (SSSR count). The van der Waals surface area contributed by atoms with Gasteiger partial charge in [0.05, 0.1) is 10.5 Å². The van der Waals surface area contributed by atoms with Crippen LogP contribution in [0.15, 0.2) is 52.3 Å². The van der Waals surface area contributed by atoms with Crippen LogP contribution in [-0.2, 0) is 16.4 Å². The predicted octanol–water partition coefficient (Wildman–Crippen LogP) is 4.59. The van der Waals surface area contributed by atoms with Crippen molar-refractivity contribution in [3.05, 3.63) is 53.6 Å². The number of nitrogens with zero attached hydrogens (tertiary/aromatic N) is 1. The average Bonchev–Trinajstić information content (AvgIpc) is 2.82. The summed E-state index contributed by atoms with van der Waals surface area (Å²) in [7, 11) is -3.76. The summed E-state index contributed by atoms with van der Waals surface area (Å²) in [5.74, 6) is 1.22. The number of thioether (sulfide) groups is 1. The molecule has 1 N–H and O–H groups in total. The maximum atomic E-state index is 13.1. The Bertz CT molecular complexity index is 1030. The van der Waals surface area contributed by atoms with Crippen molar-refractivity contribution in [1.82, 2.24) is 9.62 Å². The highest BCUT2D eigenvalue weighted by Crippen LogP contribution is 2.27. The van der Waals surface area contributed by atoms with Gasteiger partial charge in [-0.25, -0.2) is 13.1 Å². The smallest absolute Gasteiger partial charge is 0.255 e. The van der Waals surface area contributed by atoms with E-state index in [1.54, 1.807) is 12.1 Å². The summed E-state index contributed by atoms with van der Waals surface area (Å²) in [5.41, 5.74) is 1.70. The number of hydrogen-bond acceptors (Lipinski definition) is 5. The third-order valence-electron chi connectivity index (χ3n) is 5.91. The maximum absolute atomic E-state index is 13.1. The van der Waals surface area contributed by atoms with Crippen LogP contribution in [-0.4, -0.2) is 51.7 Å². The summed E-state index contributed by atoms with van der Waals surface area (Å²) in [6.07, 6.45) is 5.95. The molecule has 0 aliphatic carbocycles. The lowest BCUT2D eigenvalue weighted by Gasteiger charge is -2.30. The molecule has 1 aliphatic heterocycles. The van der Waals surface area contributed by atoms with Crippen molar-refractivity contribution in [2.75, 3.05) is 32.5 Å². The van der Waals surface area contributed by atoms with E-state index in [9.17, 15) is 13.2 Å². The highest BCUT2D eigenvalue weighted by Gasteiger charge is 2.25. The van der Waals surface area contributed by atoms with Crippen molar-refractivity contribution in [3.8, 4) is 5.75 Å². The molecule has 6 nitrogen and oxygen atoms in total. The van der Waals surface area contributed by atoms with Crippen LogP contribution in [0.25, 0.3) is 0 Å². The lowest BCUT2D eigenvalue weighted by atomic mass is 9.98. The van der Waals surface area contributed by atoms with Crippen molar-refractivity contribution in [3.63, 3.8) is 0 Å².